The topological polar surface area (TPSA) is 55.1 Å². The first-order valence-electron chi connectivity index (χ1n) is 6.01. The van der Waals surface area contributed by atoms with Gasteiger partial charge >= 0.3 is 0 Å². The average Bonchev–Trinajstić information content (AvgIpc) is 2.35. The van der Waals surface area contributed by atoms with E-state index in [0.717, 1.165) is 31.4 Å². The molecule has 0 bridgehead atoms. The molecule has 20 heavy (non-hydrogen) atoms. The van der Waals surface area contributed by atoms with E-state index in [1.165, 1.54) is 0 Å². The Hall–Kier alpha value is -1.33. The molecule has 3 N–H and O–H groups in total. The van der Waals surface area contributed by atoms with Crippen LogP contribution in [-0.2, 0) is 0 Å². The van der Waals surface area contributed by atoms with Crippen LogP contribution in [-0.4, -0.2) is 5.91 Å². The van der Waals surface area contributed by atoms with Gasteiger partial charge in [0.15, 0.2) is 0 Å². The largest absolute Gasteiger partial charge is 0.399 e. The van der Waals surface area contributed by atoms with Crippen LogP contribution in [0.1, 0.15) is 21.5 Å². The van der Waals surface area contributed by atoms with Gasteiger partial charge in [-0.2, -0.15) is 0 Å². The Morgan fingerprint density at radius 1 is 1.10 bits per heavy atom. The van der Waals surface area contributed by atoms with Crippen molar-refractivity contribution in [2.75, 3.05) is 11.1 Å². The number of nitrogens with one attached hydrogen (secondary N) is 1. The summed E-state index contributed by atoms with van der Waals surface area (Å²) in [6.07, 6.45) is 0. The number of halogens is 2. The van der Waals surface area contributed by atoms with E-state index in [9.17, 15) is 4.79 Å². The summed E-state index contributed by atoms with van der Waals surface area (Å²) in [7, 11) is 0. The van der Waals surface area contributed by atoms with Crippen molar-refractivity contribution >= 4 is 49.1 Å². The van der Waals surface area contributed by atoms with Crippen LogP contribution in [0.5, 0.6) is 0 Å². The van der Waals surface area contributed by atoms with E-state index in [1.54, 1.807) is 6.07 Å². The van der Waals surface area contributed by atoms with E-state index in [2.05, 4.69) is 37.2 Å². The van der Waals surface area contributed by atoms with Gasteiger partial charge in [0.1, 0.15) is 0 Å². The molecule has 0 radical (unpaired) electrons. The van der Waals surface area contributed by atoms with Crippen LogP contribution in [0.25, 0.3) is 0 Å². The fraction of sp³-hybridized carbons (Fsp3) is 0.133. The maximum Gasteiger partial charge on any atom is 0.256 e. The molecule has 0 aliphatic carbocycles. The van der Waals surface area contributed by atoms with Crippen LogP contribution in [0.4, 0.5) is 11.4 Å². The van der Waals surface area contributed by atoms with E-state index < -0.39 is 0 Å². The molecule has 2 rings (SSSR count). The Balaban J connectivity index is 2.30. The normalized spacial score (nSPS) is 10.4. The third-order valence-electron chi connectivity index (χ3n) is 3.04. The first kappa shape index (κ1) is 15.1. The third-order valence-corrected chi connectivity index (χ3v) is 4.19. The molecule has 104 valence electrons. The molecule has 0 unspecified atom stereocenters. The van der Waals surface area contributed by atoms with E-state index in [1.807, 2.05) is 38.1 Å². The highest BCUT2D eigenvalue weighted by atomic mass is 79.9. The molecule has 2 aromatic carbocycles. The van der Waals surface area contributed by atoms with Gasteiger partial charge in [-0.05, 0) is 71.2 Å². The number of anilines is 2. The standard InChI is InChI=1S/C15H14Br2N2O/c1-8-6-14(9(2)5-13(8)18)19-15(20)11-4-3-10(16)7-12(11)17/h3-7H,18H2,1-2H3,(H,19,20). The summed E-state index contributed by atoms with van der Waals surface area (Å²) < 4.78 is 1.66. The number of amides is 1. The number of carbonyl (C=O) groups is 1. The van der Waals surface area contributed by atoms with Gasteiger partial charge < -0.3 is 11.1 Å². The maximum atomic E-state index is 12.3. The number of nitrogens with two attached hydrogens (primary N) is 1. The second-order valence-electron chi connectivity index (χ2n) is 4.60. The molecule has 0 fully saturated rings. The molecule has 0 spiro atoms. The van der Waals surface area contributed by atoms with Gasteiger partial charge in [0, 0.05) is 20.3 Å². The number of benzene rings is 2. The van der Waals surface area contributed by atoms with Crippen LogP contribution >= 0.6 is 31.9 Å². The minimum atomic E-state index is -0.156. The van der Waals surface area contributed by atoms with Gasteiger partial charge in [-0.15, -0.1) is 0 Å². The molecule has 1 amide bonds. The fourth-order valence-electron chi connectivity index (χ4n) is 1.84. The van der Waals surface area contributed by atoms with Crippen molar-refractivity contribution in [3.05, 3.63) is 56.0 Å². The van der Waals surface area contributed by atoms with Crippen molar-refractivity contribution in [3.63, 3.8) is 0 Å². The molecule has 0 heterocycles. The smallest absolute Gasteiger partial charge is 0.256 e. The molecule has 0 aliphatic heterocycles. The summed E-state index contributed by atoms with van der Waals surface area (Å²) in [5.41, 5.74) is 9.82. The predicted molar refractivity (Wildman–Crippen MR) is 90.1 cm³/mol. The van der Waals surface area contributed by atoms with Crippen molar-refractivity contribution < 1.29 is 4.79 Å². The van der Waals surface area contributed by atoms with Gasteiger partial charge in [-0.1, -0.05) is 15.9 Å². The van der Waals surface area contributed by atoms with Crippen LogP contribution < -0.4 is 11.1 Å². The highest BCUT2D eigenvalue weighted by Crippen LogP contribution is 2.25. The van der Waals surface area contributed by atoms with Crippen LogP contribution in [0.15, 0.2) is 39.3 Å². The number of rotatable bonds is 2. The van der Waals surface area contributed by atoms with E-state index >= 15 is 0 Å². The van der Waals surface area contributed by atoms with Crippen molar-refractivity contribution in [1.82, 2.24) is 0 Å². The summed E-state index contributed by atoms with van der Waals surface area (Å²) in [5.74, 6) is -0.156. The summed E-state index contributed by atoms with van der Waals surface area (Å²) in [5, 5.41) is 2.92. The number of aryl methyl sites for hydroxylation is 2. The van der Waals surface area contributed by atoms with Gasteiger partial charge in [-0.3, -0.25) is 4.79 Å². The highest BCUT2D eigenvalue weighted by molar-refractivity contribution is 9.11. The molecule has 2 aromatic rings. The van der Waals surface area contributed by atoms with Crippen LogP contribution in [0.2, 0.25) is 0 Å². The quantitative estimate of drug-likeness (QED) is 0.723. The monoisotopic (exact) mass is 396 g/mol. The van der Waals surface area contributed by atoms with Gasteiger partial charge in [0.2, 0.25) is 0 Å². The van der Waals surface area contributed by atoms with Crippen molar-refractivity contribution in [1.29, 1.82) is 0 Å². The van der Waals surface area contributed by atoms with Crippen LogP contribution in [0.3, 0.4) is 0 Å². The molecule has 3 nitrogen and oxygen atoms in total. The second-order valence-corrected chi connectivity index (χ2v) is 6.37. The minimum absolute atomic E-state index is 0.156. The lowest BCUT2D eigenvalue weighted by Gasteiger charge is -2.12. The van der Waals surface area contributed by atoms with Gasteiger partial charge in [0.25, 0.3) is 5.91 Å². The second kappa shape index (κ2) is 5.97. The Morgan fingerprint density at radius 2 is 1.80 bits per heavy atom. The van der Waals surface area contributed by atoms with Gasteiger partial charge in [-0.25, -0.2) is 0 Å². The molecule has 0 aromatic heterocycles. The molecule has 0 saturated heterocycles. The molecule has 0 saturated carbocycles. The fourth-order valence-corrected chi connectivity index (χ4v) is 3.06. The Labute approximate surface area is 134 Å². The zero-order valence-electron chi connectivity index (χ0n) is 11.1. The Bertz CT molecular complexity index is 684. The van der Waals surface area contributed by atoms with E-state index in [0.29, 0.717) is 5.56 Å². The average molecular weight is 398 g/mol. The zero-order chi connectivity index (χ0) is 14.9. The number of hydrogen-bond donors (Lipinski definition) is 2. The van der Waals surface area contributed by atoms with E-state index in [-0.39, 0.29) is 5.91 Å². The van der Waals surface area contributed by atoms with Crippen molar-refractivity contribution in [2.24, 2.45) is 0 Å². The lowest BCUT2D eigenvalue weighted by Crippen LogP contribution is -2.13. The summed E-state index contributed by atoms with van der Waals surface area (Å²) in [4.78, 5) is 12.3. The van der Waals surface area contributed by atoms with Crippen molar-refractivity contribution in [3.8, 4) is 0 Å². The van der Waals surface area contributed by atoms with Crippen molar-refractivity contribution in [2.45, 2.75) is 13.8 Å². The molecular formula is C15H14Br2N2O. The zero-order valence-corrected chi connectivity index (χ0v) is 14.3. The Morgan fingerprint density at radius 3 is 2.45 bits per heavy atom. The molecule has 0 atom stereocenters. The Kier molecular flexibility index (Phi) is 4.50. The van der Waals surface area contributed by atoms with Crippen LogP contribution in [0, 0.1) is 13.8 Å². The minimum Gasteiger partial charge on any atom is -0.399 e. The maximum absolute atomic E-state index is 12.3. The first-order valence-corrected chi connectivity index (χ1v) is 7.60. The highest BCUT2D eigenvalue weighted by Gasteiger charge is 2.12. The van der Waals surface area contributed by atoms with Gasteiger partial charge in [0.05, 0.1) is 5.56 Å². The lowest BCUT2D eigenvalue weighted by atomic mass is 10.1. The predicted octanol–water partition coefficient (Wildman–Crippen LogP) is 4.66. The molecular weight excluding hydrogens is 384 g/mol. The first-order chi connectivity index (χ1) is 9.38. The molecule has 0 aliphatic rings. The van der Waals surface area contributed by atoms with E-state index in [4.69, 9.17) is 5.73 Å². The molecule has 5 heteroatoms. The SMILES string of the molecule is Cc1cc(NC(=O)c2ccc(Br)cc2Br)c(C)cc1N. The number of nitrogen functional groups attached to an aromatic ring is 1. The summed E-state index contributed by atoms with van der Waals surface area (Å²) in [6.45, 7) is 3.84. The number of hydrogen-bond acceptors (Lipinski definition) is 2. The third kappa shape index (κ3) is 3.22. The number of carbonyl (C=O) groups excluding carboxylic acids is 1. The summed E-state index contributed by atoms with van der Waals surface area (Å²) in [6, 6.07) is 9.19. The lowest BCUT2D eigenvalue weighted by molar-refractivity contribution is 0.102. The summed E-state index contributed by atoms with van der Waals surface area (Å²) >= 11 is 6.76.